The van der Waals surface area contributed by atoms with Crippen LogP contribution in [0, 0.1) is 11.7 Å². The standard InChI is InChI=1S/C20H13ClFNO3S2.C20H14ClNO3S2.C20H14ClNO3S.C19H21ClN2O3S/c21-11-6-4-10(5-7-11)13-9-27-19(17(13)20(25)26)23-18(24)16-8-12-14(22)2-1-3-15(12)28-16;21-13-7-5-11(6-8-13)14-10-26-19(17(14)20(24)25)22-18(23)16-9-12-3-1-2-4-15(12)27-16;21-13-7-5-11(6-8-13)16-10-26-19(17(16)20(24)25)22-18(23)15-9-12-3-1-2-4-14(12)15;20-14-8-6-13(7-9-14)15-11-26-17(16(15)18(23)24)22-19(25)21-10-12-4-2-1-3-5-12/h1-7,9,16H,8H2,(H,23,24)(H,25,26);1-8,10,16H,9H2,(H,22,23)(H,24,25);1-8,10,15H,9H2,(H,22,23)(H,24,25);6-9,11-12H,1-5,10H2,(H,23,24)(H2,21,22,25). The summed E-state index contributed by atoms with van der Waals surface area (Å²) >= 11 is 31.2. The number of benzene rings is 7. The quantitative estimate of drug-likeness (QED) is 0.0410. The number of carbonyl (C=O) groups is 8. The van der Waals surface area contributed by atoms with Gasteiger partial charge in [0, 0.05) is 85.8 Å². The van der Waals surface area contributed by atoms with Gasteiger partial charge in [-0.1, -0.05) is 163 Å². The molecule has 6 heterocycles. The van der Waals surface area contributed by atoms with Gasteiger partial charge in [0.25, 0.3) is 0 Å². The Labute approximate surface area is 657 Å². The van der Waals surface area contributed by atoms with Crippen molar-refractivity contribution >= 4 is 183 Å². The second kappa shape index (κ2) is 35.2. The molecule has 3 unspecified atom stereocenters. The zero-order valence-corrected chi connectivity index (χ0v) is 63.9. The number of amides is 5. The number of carboxylic acids is 4. The minimum absolute atomic E-state index is 0.0346. The Morgan fingerprint density at radius 3 is 1.19 bits per heavy atom. The molecule has 2 aliphatic heterocycles. The Kier molecular flexibility index (Phi) is 25.4. The molecule has 4 aliphatic rings. The molecule has 15 rings (SSSR count). The van der Waals surface area contributed by atoms with Crippen LogP contribution in [0.3, 0.4) is 0 Å². The molecule has 7 aromatic carbocycles. The number of nitrogens with one attached hydrogen (secondary N) is 5. The van der Waals surface area contributed by atoms with Crippen molar-refractivity contribution in [3.05, 3.63) is 256 Å². The third-order valence-corrected chi connectivity index (χ3v) is 25.2. The van der Waals surface area contributed by atoms with Crippen molar-refractivity contribution in [2.75, 3.05) is 27.8 Å². The molecule has 17 nitrogen and oxygen atoms in total. The van der Waals surface area contributed by atoms with Crippen molar-refractivity contribution in [1.29, 1.82) is 0 Å². The summed E-state index contributed by atoms with van der Waals surface area (Å²) in [6, 6.07) is 47.8. The summed E-state index contributed by atoms with van der Waals surface area (Å²) in [7, 11) is 0. The van der Waals surface area contributed by atoms with Gasteiger partial charge in [-0.25, -0.2) is 28.4 Å². The van der Waals surface area contributed by atoms with Gasteiger partial charge in [-0.15, -0.1) is 68.9 Å². The summed E-state index contributed by atoms with van der Waals surface area (Å²) in [6.45, 7) is 0.629. The first-order chi connectivity index (χ1) is 51.5. The third kappa shape index (κ3) is 18.6. The van der Waals surface area contributed by atoms with E-state index in [4.69, 9.17) is 46.4 Å². The highest BCUT2D eigenvalue weighted by molar-refractivity contribution is 8.01. The maximum atomic E-state index is 13.9. The Hall–Kier alpha value is -9.31. The molecule has 2 aliphatic carbocycles. The molecule has 3 atom stereocenters. The average molecular weight is 1630 g/mol. The number of halogens is 5. The van der Waals surface area contributed by atoms with Crippen LogP contribution in [0.4, 0.5) is 29.2 Å². The van der Waals surface area contributed by atoms with Crippen molar-refractivity contribution in [2.45, 2.75) is 77.6 Å². The monoisotopic (exact) mass is 1620 g/mol. The van der Waals surface area contributed by atoms with E-state index in [0.717, 1.165) is 61.8 Å². The van der Waals surface area contributed by atoms with Crippen LogP contribution in [0.15, 0.2) is 195 Å². The SMILES string of the molecule is O=C(NCC1CCCCC1)Nc1scc(-c2ccc(Cl)cc2)c1C(=O)O.O=C(O)c1c(-c2ccc(Cl)cc2)csc1NC(=O)C1Cc2c(F)cccc2S1.O=C(O)c1c(-c2ccc(Cl)cc2)csc1NC(=O)C1Cc2ccccc21.O=C(O)c1c(-c2ccc(Cl)cc2)csc1NC(=O)C1Cc2ccccc2S1. The van der Waals surface area contributed by atoms with Gasteiger partial charge < -0.3 is 41.7 Å². The van der Waals surface area contributed by atoms with Crippen LogP contribution < -0.4 is 26.6 Å². The lowest BCUT2D eigenvalue weighted by Gasteiger charge is -2.28. The van der Waals surface area contributed by atoms with Crippen LogP contribution in [-0.4, -0.2) is 85.1 Å². The van der Waals surface area contributed by atoms with Crippen molar-refractivity contribution in [1.82, 2.24) is 5.32 Å². The van der Waals surface area contributed by atoms with Crippen molar-refractivity contribution < 1.29 is 63.2 Å². The minimum atomic E-state index is -1.13. The maximum Gasteiger partial charge on any atom is 0.339 e. The van der Waals surface area contributed by atoms with Crippen molar-refractivity contribution in [3.8, 4) is 44.5 Å². The number of rotatable bonds is 17. The summed E-state index contributed by atoms with van der Waals surface area (Å²) in [4.78, 5) is 99.3. The van der Waals surface area contributed by atoms with E-state index in [-0.39, 0.29) is 74.4 Å². The van der Waals surface area contributed by atoms with E-state index in [0.29, 0.717) is 93.8 Å². The fraction of sp³-hybridized carbons (Fsp3) is 0.165. The van der Waals surface area contributed by atoms with Crippen molar-refractivity contribution in [3.63, 3.8) is 0 Å². The third-order valence-electron chi connectivity index (χ3n) is 18.0. The lowest BCUT2D eigenvalue weighted by atomic mass is 9.77. The number of thiophene rings is 4. The molecule has 0 bridgehead atoms. The highest BCUT2D eigenvalue weighted by Gasteiger charge is 2.36. The topological polar surface area (TPSA) is 278 Å². The fourth-order valence-electron chi connectivity index (χ4n) is 12.6. The molecule has 0 spiro atoms. The van der Waals surface area contributed by atoms with Gasteiger partial charge in [-0.3, -0.25) is 19.7 Å². The number of hydrogen-bond donors (Lipinski definition) is 9. The van der Waals surface area contributed by atoms with E-state index in [1.54, 1.807) is 131 Å². The largest absolute Gasteiger partial charge is 0.478 e. The van der Waals surface area contributed by atoms with Gasteiger partial charge in [0.15, 0.2) is 0 Å². The number of anilines is 4. The Bertz CT molecular complexity index is 5160. The van der Waals surface area contributed by atoms with Crippen LogP contribution in [0.1, 0.15) is 102 Å². The fourth-order valence-corrected chi connectivity index (χ4v) is 19.3. The highest BCUT2D eigenvalue weighted by Crippen LogP contribution is 2.45. The van der Waals surface area contributed by atoms with Gasteiger partial charge in [-0.05, 0) is 144 Å². The molecule has 0 radical (unpaired) electrons. The lowest BCUT2D eigenvalue weighted by molar-refractivity contribution is -0.118. The summed E-state index contributed by atoms with van der Waals surface area (Å²) < 4.78 is 13.9. The number of fused-ring (bicyclic) bond motifs is 3. The molecule has 1 saturated carbocycles. The normalized spacial score (nSPS) is 15.1. The van der Waals surface area contributed by atoms with Gasteiger partial charge in [0.1, 0.15) is 48.1 Å². The minimum Gasteiger partial charge on any atom is -0.478 e. The van der Waals surface area contributed by atoms with Crippen LogP contribution in [-0.2, 0) is 33.6 Å². The molecule has 28 heteroatoms. The Morgan fingerprint density at radius 2 is 0.776 bits per heavy atom. The molecule has 9 N–H and O–H groups in total. The molecular weight excluding hydrogens is 1560 g/mol. The molecule has 546 valence electrons. The van der Waals surface area contributed by atoms with Gasteiger partial charge >= 0.3 is 29.9 Å². The molecule has 1 fully saturated rings. The van der Waals surface area contributed by atoms with E-state index < -0.39 is 29.1 Å². The number of urea groups is 1. The Balaban J connectivity index is 0.000000134. The Morgan fingerprint density at radius 1 is 0.402 bits per heavy atom. The summed E-state index contributed by atoms with van der Waals surface area (Å²) in [5.74, 6) is -5.07. The first kappa shape index (κ1) is 77.3. The molecular formula is C79H62Cl4FN5O12S6. The van der Waals surface area contributed by atoms with Gasteiger partial charge in [-0.2, -0.15) is 0 Å². The number of carbonyl (C=O) groups excluding carboxylic acids is 4. The lowest BCUT2D eigenvalue weighted by Crippen LogP contribution is -2.33. The molecule has 107 heavy (non-hydrogen) atoms. The molecule has 11 aromatic rings. The number of carboxylic acid groups (broad SMARTS) is 4. The van der Waals surface area contributed by atoms with Crippen LogP contribution in [0.2, 0.25) is 20.1 Å². The van der Waals surface area contributed by atoms with E-state index in [1.165, 1.54) is 88.4 Å². The zero-order chi connectivity index (χ0) is 75.6. The smallest absolute Gasteiger partial charge is 0.339 e. The predicted molar refractivity (Wildman–Crippen MR) is 429 cm³/mol. The van der Waals surface area contributed by atoms with Crippen LogP contribution in [0.25, 0.3) is 44.5 Å². The maximum absolute atomic E-state index is 13.9. The molecule has 5 amide bonds. The second-order valence-corrected chi connectivity index (χ2v) is 32.6. The second-order valence-electron chi connectivity index (χ2n) is 24.9. The molecule has 0 saturated heterocycles. The summed E-state index contributed by atoms with van der Waals surface area (Å²) in [5.41, 5.74) is 9.37. The molecule has 4 aromatic heterocycles. The number of hydrogen-bond acceptors (Lipinski definition) is 14. The zero-order valence-electron chi connectivity index (χ0n) is 56.0. The predicted octanol–water partition coefficient (Wildman–Crippen LogP) is 21.5. The first-order valence-electron chi connectivity index (χ1n) is 33.2. The summed E-state index contributed by atoms with van der Waals surface area (Å²) in [5, 5.41) is 62.3. The van der Waals surface area contributed by atoms with Gasteiger partial charge in [0.2, 0.25) is 17.7 Å². The van der Waals surface area contributed by atoms with E-state index in [1.807, 2.05) is 48.5 Å². The van der Waals surface area contributed by atoms with Crippen LogP contribution in [0.5, 0.6) is 0 Å². The van der Waals surface area contributed by atoms with Crippen molar-refractivity contribution in [2.24, 2.45) is 5.92 Å². The van der Waals surface area contributed by atoms with E-state index >= 15 is 0 Å². The highest BCUT2D eigenvalue weighted by atomic mass is 35.5. The van der Waals surface area contributed by atoms with Crippen LogP contribution >= 0.6 is 115 Å². The first-order valence-corrected chi connectivity index (χ1v) is 40.0. The van der Waals surface area contributed by atoms with E-state index in [2.05, 4.69) is 26.6 Å². The summed E-state index contributed by atoms with van der Waals surface area (Å²) in [6.07, 6.45) is 7.58. The average Bonchev–Trinajstić information content (AvgIpc) is 1.67. The van der Waals surface area contributed by atoms with Gasteiger partial charge in [0.05, 0.1) is 16.4 Å². The van der Waals surface area contributed by atoms with E-state index in [9.17, 15) is 63.2 Å². The number of thioether (sulfide) groups is 2. The number of aromatic carboxylic acids is 4.